The first-order valence-electron chi connectivity index (χ1n) is 8.70. The summed E-state index contributed by atoms with van der Waals surface area (Å²) >= 11 is 0. The van der Waals surface area contributed by atoms with Gasteiger partial charge in [-0.15, -0.1) is 0 Å². The Balaban J connectivity index is 1.52. The highest BCUT2D eigenvalue weighted by Gasteiger charge is 2.53. The minimum Gasteiger partial charge on any atom is -0.490 e. The van der Waals surface area contributed by atoms with E-state index in [-0.39, 0.29) is 11.6 Å². The Morgan fingerprint density at radius 1 is 1.04 bits per heavy atom. The molecule has 3 heteroatoms. The Hall–Kier alpha value is -1.77. The van der Waals surface area contributed by atoms with Crippen LogP contribution in [-0.4, -0.2) is 18.7 Å². The van der Waals surface area contributed by atoms with Crippen LogP contribution in [-0.2, 0) is 14.3 Å². The van der Waals surface area contributed by atoms with Crippen LogP contribution < -0.4 is 0 Å². The zero-order valence-corrected chi connectivity index (χ0v) is 13.7. The van der Waals surface area contributed by atoms with E-state index in [2.05, 4.69) is 0 Å². The highest BCUT2D eigenvalue weighted by Crippen LogP contribution is 2.57. The third-order valence-corrected chi connectivity index (χ3v) is 5.81. The molecule has 4 aliphatic carbocycles. The minimum atomic E-state index is -0.307. The summed E-state index contributed by atoms with van der Waals surface area (Å²) in [5, 5.41) is 0. The molecule has 0 aromatic heterocycles. The summed E-state index contributed by atoms with van der Waals surface area (Å²) in [4.78, 5) is 12.6. The predicted octanol–water partition coefficient (Wildman–Crippen LogP) is 4.19. The van der Waals surface area contributed by atoms with Crippen molar-refractivity contribution in [1.82, 2.24) is 0 Å². The number of methoxy groups -OCH3 is 1. The fourth-order valence-corrected chi connectivity index (χ4v) is 5.30. The molecule has 23 heavy (non-hydrogen) atoms. The molecule has 0 aliphatic heterocycles. The molecule has 3 nitrogen and oxygen atoms in total. The summed E-state index contributed by atoms with van der Waals surface area (Å²) in [5.41, 5.74) is 0.729. The van der Waals surface area contributed by atoms with Gasteiger partial charge in [-0.05, 0) is 67.9 Å². The van der Waals surface area contributed by atoms with Gasteiger partial charge in [0.2, 0.25) is 5.76 Å². The lowest BCUT2D eigenvalue weighted by Gasteiger charge is -2.55. The molecular formula is C20H24O3. The van der Waals surface area contributed by atoms with Crippen LogP contribution in [0.15, 0.2) is 36.1 Å². The first-order chi connectivity index (χ1) is 11.2. The first-order valence-corrected chi connectivity index (χ1v) is 8.70. The van der Waals surface area contributed by atoms with Gasteiger partial charge >= 0.3 is 5.97 Å². The Kier molecular flexibility index (Phi) is 3.67. The molecule has 0 amide bonds. The predicted molar refractivity (Wildman–Crippen MR) is 88.4 cm³/mol. The number of benzene rings is 1. The maximum atomic E-state index is 12.6. The Morgan fingerprint density at radius 3 is 2.13 bits per heavy atom. The molecule has 4 saturated carbocycles. The van der Waals surface area contributed by atoms with Crippen molar-refractivity contribution >= 4 is 12.0 Å². The number of carbonyl (C=O) groups excluding carboxylic acids is 1. The molecule has 4 aliphatic rings. The smallest absolute Gasteiger partial charge is 0.374 e. The van der Waals surface area contributed by atoms with E-state index in [1.807, 2.05) is 30.3 Å². The minimum absolute atomic E-state index is 0.222. The van der Waals surface area contributed by atoms with Crippen LogP contribution in [0.1, 0.15) is 44.1 Å². The summed E-state index contributed by atoms with van der Waals surface area (Å²) in [6.07, 6.45) is 8.94. The molecule has 0 radical (unpaired) electrons. The van der Waals surface area contributed by atoms with Gasteiger partial charge in [0.05, 0.1) is 7.11 Å². The summed E-state index contributed by atoms with van der Waals surface area (Å²) in [5.74, 6) is 2.28. The summed E-state index contributed by atoms with van der Waals surface area (Å²) < 4.78 is 11.4. The standard InChI is InChI=1S/C20H24O3/c1-22-18(10-14-5-3-2-4-6-14)19(21)23-20-11-15-7-16(12-20)9-17(8-15)13-20/h2-6,10,15-17H,7-9,11-13H2,1H3. The molecule has 0 N–H and O–H groups in total. The lowest BCUT2D eigenvalue weighted by molar-refractivity contribution is -0.185. The van der Waals surface area contributed by atoms with Crippen molar-refractivity contribution < 1.29 is 14.3 Å². The lowest BCUT2D eigenvalue weighted by atomic mass is 9.54. The summed E-state index contributed by atoms with van der Waals surface area (Å²) in [7, 11) is 1.54. The van der Waals surface area contributed by atoms with Gasteiger partial charge in [-0.1, -0.05) is 30.3 Å². The van der Waals surface area contributed by atoms with Gasteiger partial charge < -0.3 is 9.47 Å². The van der Waals surface area contributed by atoms with E-state index in [1.54, 1.807) is 6.08 Å². The summed E-state index contributed by atoms with van der Waals surface area (Å²) in [6.45, 7) is 0. The Morgan fingerprint density at radius 2 is 1.61 bits per heavy atom. The molecule has 5 rings (SSSR count). The molecule has 0 spiro atoms. The lowest BCUT2D eigenvalue weighted by Crippen LogP contribution is -2.52. The van der Waals surface area contributed by atoms with Gasteiger partial charge in [0.1, 0.15) is 5.60 Å². The normalized spacial score (nSPS) is 35.2. The van der Waals surface area contributed by atoms with Gasteiger partial charge in [-0.3, -0.25) is 0 Å². The van der Waals surface area contributed by atoms with E-state index >= 15 is 0 Å². The molecule has 0 saturated heterocycles. The van der Waals surface area contributed by atoms with E-state index < -0.39 is 0 Å². The van der Waals surface area contributed by atoms with Gasteiger partial charge in [-0.2, -0.15) is 0 Å². The number of rotatable bonds is 4. The zero-order valence-electron chi connectivity index (χ0n) is 13.7. The zero-order chi connectivity index (χ0) is 15.9. The fourth-order valence-electron chi connectivity index (χ4n) is 5.30. The van der Waals surface area contributed by atoms with Crippen LogP contribution >= 0.6 is 0 Å². The van der Waals surface area contributed by atoms with Gasteiger partial charge in [-0.25, -0.2) is 4.79 Å². The molecule has 122 valence electrons. The molecule has 0 heterocycles. The van der Waals surface area contributed by atoms with Crippen molar-refractivity contribution in [1.29, 1.82) is 0 Å². The molecule has 1 aromatic carbocycles. The topological polar surface area (TPSA) is 35.5 Å². The van der Waals surface area contributed by atoms with Crippen LogP contribution in [0.3, 0.4) is 0 Å². The Labute approximate surface area is 137 Å². The second-order valence-corrected chi connectivity index (χ2v) is 7.61. The van der Waals surface area contributed by atoms with Crippen LogP contribution in [0.5, 0.6) is 0 Å². The van der Waals surface area contributed by atoms with Crippen LogP contribution in [0.4, 0.5) is 0 Å². The van der Waals surface area contributed by atoms with Crippen molar-refractivity contribution in [2.45, 2.75) is 44.1 Å². The van der Waals surface area contributed by atoms with Crippen LogP contribution in [0.2, 0.25) is 0 Å². The number of esters is 1. The molecular weight excluding hydrogens is 288 g/mol. The third kappa shape index (κ3) is 2.89. The highest BCUT2D eigenvalue weighted by molar-refractivity contribution is 5.91. The van der Waals surface area contributed by atoms with E-state index in [0.29, 0.717) is 5.76 Å². The Bertz CT molecular complexity index is 582. The van der Waals surface area contributed by atoms with Crippen molar-refractivity contribution in [2.24, 2.45) is 17.8 Å². The number of hydrogen-bond acceptors (Lipinski definition) is 3. The molecule has 4 bridgehead atoms. The van der Waals surface area contributed by atoms with E-state index in [1.165, 1.54) is 26.4 Å². The molecule has 0 unspecified atom stereocenters. The molecule has 4 fully saturated rings. The average molecular weight is 312 g/mol. The fraction of sp³-hybridized carbons (Fsp3) is 0.550. The second-order valence-electron chi connectivity index (χ2n) is 7.61. The molecule has 1 aromatic rings. The SMILES string of the molecule is COC(=Cc1ccccc1)C(=O)OC12CC3CC(CC(C3)C1)C2. The van der Waals surface area contributed by atoms with Crippen LogP contribution in [0.25, 0.3) is 6.08 Å². The molecule has 0 atom stereocenters. The monoisotopic (exact) mass is 312 g/mol. The van der Waals surface area contributed by atoms with Gasteiger partial charge in [0.15, 0.2) is 0 Å². The number of carbonyl (C=O) groups is 1. The average Bonchev–Trinajstić information content (AvgIpc) is 2.51. The van der Waals surface area contributed by atoms with E-state index in [9.17, 15) is 4.79 Å². The summed E-state index contributed by atoms with van der Waals surface area (Å²) in [6, 6.07) is 9.76. The third-order valence-electron chi connectivity index (χ3n) is 5.81. The maximum absolute atomic E-state index is 12.6. The van der Waals surface area contributed by atoms with Crippen molar-refractivity contribution in [3.8, 4) is 0 Å². The number of hydrogen-bond donors (Lipinski definition) is 0. The first kappa shape index (κ1) is 14.8. The van der Waals surface area contributed by atoms with E-state index in [0.717, 1.165) is 42.6 Å². The van der Waals surface area contributed by atoms with E-state index in [4.69, 9.17) is 9.47 Å². The highest BCUT2D eigenvalue weighted by atomic mass is 16.6. The van der Waals surface area contributed by atoms with Crippen LogP contribution in [0, 0.1) is 17.8 Å². The maximum Gasteiger partial charge on any atom is 0.374 e. The van der Waals surface area contributed by atoms with Crippen molar-refractivity contribution in [2.75, 3.05) is 7.11 Å². The van der Waals surface area contributed by atoms with Crippen molar-refractivity contribution in [3.05, 3.63) is 41.7 Å². The van der Waals surface area contributed by atoms with Gasteiger partial charge in [0, 0.05) is 0 Å². The largest absolute Gasteiger partial charge is 0.490 e. The number of ether oxygens (including phenoxy) is 2. The van der Waals surface area contributed by atoms with Crippen molar-refractivity contribution in [3.63, 3.8) is 0 Å². The second kappa shape index (κ2) is 5.70. The van der Waals surface area contributed by atoms with Gasteiger partial charge in [0.25, 0.3) is 0 Å². The quantitative estimate of drug-likeness (QED) is 0.475.